The van der Waals surface area contributed by atoms with Crippen molar-refractivity contribution >= 4 is 0 Å². The summed E-state index contributed by atoms with van der Waals surface area (Å²) >= 11 is 0. The molecule has 0 N–H and O–H groups in total. The van der Waals surface area contributed by atoms with Gasteiger partial charge in [0.15, 0.2) is 11.5 Å². The number of hydrogen-bond donors (Lipinski definition) is 0. The third-order valence-corrected chi connectivity index (χ3v) is 5.62. The van der Waals surface area contributed by atoms with E-state index in [1.165, 1.54) is 22.3 Å². The van der Waals surface area contributed by atoms with E-state index in [1.807, 2.05) is 6.07 Å². The SMILES string of the molecule is COc1cc2c(c(OC)c1)CN1CCc3cc(OC)c(OC)cc3[C@@H]1C2. The second kappa shape index (κ2) is 6.72. The Bertz CT molecular complexity index is 833. The standard InChI is InChI=1S/C21H25NO4/c1-23-15-7-14-8-18-16-11-21(26-4)20(25-3)9-13(16)5-6-22(18)12-17(14)19(10-15)24-2/h7,9-11,18H,5-6,8,12H2,1-4H3/t18-/m0/s1. The predicted molar refractivity (Wildman–Crippen MR) is 99.7 cm³/mol. The van der Waals surface area contributed by atoms with Gasteiger partial charge in [-0.3, -0.25) is 4.90 Å². The molecule has 4 rings (SSSR count). The van der Waals surface area contributed by atoms with E-state index in [9.17, 15) is 0 Å². The van der Waals surface area contributed by atoms with Gasteiger partial charge in [0.25, 0.3) is 0 Å². The Balaban J connectivity index is 1.77. The molecule has 0 aromatic heterocycles. The van der Waals surface area contributed by atoms with Gasteiger partial charge >= 0.3 is 0 Å². The van der Waals surface area contributed by atoms with E-state index < -0.39 is 0 Å². The maximum absolute atomic E-state index is 5.63. The summed E-state index contributed by atoms with van der Waals surface area (Å²) in [5.41, 5.74) is 5.25. The number of methoxy groups -OCH3 is 4. The first-order chi connectivity index (χ1) is 12.7. The topological polar surface area (TPSA) is 40.2 Å². The second-order valence-electron chi connectivity index (χ2n) is 6.81. The van der Waals surface area contributed by atoms with Crippen molar-refractivity contribution in [2.75, 3.05) is 35.0 Å². The van der Waals surface area contributed by atoms with Gasteiger partial charge in [0, 0.05) is 30.8 Å². The van der Waals surface area contributed by atoms with Crippen molar-refractivity contribution in [3.8, 4) is 23.0 Å². The minimum Gasteiger partial charge on any atom is -0.497 e. The van der Waals surface area contributed by atoms with Crippen LogP contribution in [0.3, 0.4) is 0 Å². The van der Waals surface area contributed by atoms with Gasteiger partial charge in [-0.1, -0.05) is 0 Å². The number of hydrogen-bond acceptors (Lipinski definition) is 5. The predicted octanol–water partition coefficient (Wildman–Crippen LogP) is 3.38. The van der Waals surface area contributed by atoms with Gasteiger partial charge in [-0.25, -0.2) is 0 Å². The summed E-state index contributed by atoms with van der Waals surface area (Å²) in [6.45, 7) is 1.92. The van der Waals surface area contributed by atoms with Crippen molar-refractivity contribution in [3.63, 3.8) is 0 Å². The lowest BCUT2D eigenvalue weighted by Crippen LogP contribution is -2.39. The molecule has 2 aliphatic heterocycles. The lowest BCUT2D eigenvalue weighted by atomic mass is 9.83. The van der Waals surface area contributed by atoms with Crippen LogP contribution in [0, 0.1) is 0 Å². The van der Waals surface area contributed by atoms with Gasteiger partial charge in [-0.15, -0.1) is 0 Å². The molecule has 0 saturated carbocycles. The number of nitrogens with zero attached hydrogens (tertiary/aromatic N) is 1. The lowest BCUT2D eigenvalue weighted by molar-refractivity contribution is 0.157. The third-order valence-electron chi connectivity index (χ3n) is 5.62. The first-order valence-electron chi connectivity index (χ1n) is 8.91. The highest BCUT2D eigenvalue weighted by atomic mass is 16.5. The van der Waals surface area contributed by atoms with E-state index in [2.05, 4.69) is 23.1 Å². The van der Waals surface area contributed by atoms with Crippen molar-refractivity contribution in [3.05, 3.63) is 46.5 Å². The van der Waals surface area contributed by atoms with E-state index >= 15 is 0 Å². The van der Waals surface area contributed by atoms with Crippen LogP contribution >= 0.6 is 0 Å². The van der Waals surface area contributed by atoms with E-state index in [0.717, 1.165) is 48.9 Å². The van der Waals surface area contributed by atoms with Crippen LogP contribution in [0.25, 0.3) is 0 Å². The van der Waals surface area contributed by atoms with Crippen LogP contribution < -0.4 is 18.9 Å². The minimum atomic E-state index is 0.336. The molecule has 2 aliphatic rings. The number of rotatable bonds is 4. The molecule has 2 aromatic rings. The van der Waals surface area contributed by atoms with Gasteiger partial charge in [0.1, 0.15) is 11.5 Å². The second-order valence-corrected chi connectivity index (χ2v) is 6.81. The van der Waals surface area contributed by atoms with Crippen LogP contribution in [0.5, 0.6) is 23.0 Å². The first-order valence-corrected chi connectivity index (χ1v) is 8.91. The van der Waals surface area contributed by atoms with Gasteiger partial charge < -0.3 is 18.9 Å². The van der Waals surface area contributed by atoms with E-state index in [-0.39, 0.29) is 0 Å². The highest BCUT2D eigenvalue weighted by molar-refractivity contribution is 5.53. The molecule has 0 spiro atoms. The molecule has 5 nitrogen and oxygen atoms in total. The van der Waals surface area contributed by atoms with Gasteiger partial charge in [-0.2, -0.15) is 0 Å². The van der Waals surface area contributed by atoms with Crippen molar-refractivity contribution in [1.82, 2.24) is 4.90 Å². The zero-order valence-corrected chi connectivity index (χ0v) is 15.8. The Morgan fingerprint density at radius 2 is 1.54 bits per heavy atom. The molecule has 0 saturated heterocycles. The molecule has 26 heavy (non-hydrogen) atoms. The average Bonchev–Trinajstić information content (AvgIpc) is 2.70. The van der Waals surface area contributed by atoms with E-state index in [1.54, 1.807) is 28.4 Å². The molecule has 2 aromatic carbocycles. The zero-order chi connectivity index (χ0) is 18.3. The monoisotopic (exact) mass is 355 g/mol. The van der Waals surface area contributed by atoms with Crippen LogP contribution in [-0.2, 0) is 19.4 Å². The summed E-state index contributed by atoms with van der Waals surface area (Å²) in [7, 11) is 6.80. The fraction of sp³-hybridized carbons (Fsp3) is 0.429. The molecule has 2 heterocycles. The van der Waals surface area contributed by atoms with E-state index in [4.69, 9.17) is 18.9 Å². The Morgan fingerprint density at radius 1 is 0.808 bits per heavy atom. The van der Waals surface area contributed by atoms with Crippen LogP contribution in [0.15, 0.2) is 24.3 Å². The van der Waals surface area contributed by atoms with Crippen LogP contribution in [-0.4, -0.2) is 39.9 Å². The molecular weight excluding hydrogens is 330 g/mol. The number of fused-ring (bicyclic) bond motifs is 4. The quantitative estimate of drug-likeness (QED) is 0.841. The Labute approximate surface area is 154 Å². The Kier molecular flexibility index (Phi) is 4.41. The highest BCUT2D eigenvalue weighted by Gasteiger charge is 2.34. The maximum atomic E-state index is 5.63. The molecular formula is C21H25NO4. The molecule has 5 heteroatoms. The lowest BCUT2D eigenvalue weighted by Gasteiger charge is -2.42. The summed E-state index contributed by atoms with van der Waals surface area (Å²) in [6, 6.07) is 8.73. The number of ether oxygens (including phenoxy) is 4. The summed E-state index contributed by atoms with van der Waals surface area (Å²) in [4.78, 5) is 2.53. The summed E-state index contributed by atoms with van der Waals surface area (Å²) in [5, 5.41) is 0. The zero-order valence-electron chi connectivity index (χ0n) is 15.8. The molecule has 1 atom stereocenters. The van der Waals surface area contributed by atoms with Crippen molar-refractivity contribution in [2.45, 2.75) is 25.4 Å². The fourth-order valence-electron chi connectivity index (χ4n) is 4.26. The molecule has 0 fully saturated rings. The largest absolute Gasteiger partial charge is 0.497 e. The van der Waals surface area contributed by atoms with Crippen molar-refractivity contribution in [2.24, 2.45) is 0 Å². The minimum absolute atomic E-state index is 0.336. The molecule has 0 amide bonds. The van der Waals surface area contributed by atoms with Gasteiger partial charge in [-0.05, 0) is 47.7 Å². The fourth-order valence-corrected chi connectivity index (χ4v) is 4.26. The molecule has 138 valence electrons. The molecule has 0 radical (unpaired) electrons. The summed E-state index contributed by atoms with van der Waals surface area (Å²) in [6.07, 6.45) is 1.95. The normalized spacial score (nSPS) is 18.4. The summed E-state index contributed by atoms with van der Waals surface area (Å²) < 4.78 is 22.1. The van der Waals surface area contributed by atoms with Crippen LogP contribution in [0.2, 0.25) is 0 Å². The molecule has 0 aliphatic carbocycles. The molecule has 0 bridgehead atoms. The summed E-state index contributed by atoms with van der Waals surface area (Å²) in [5.74, 6) is 3.36. The average molecular weight is 355 g/mol. The Hall–Kier alpha value is -2.40. The third kappa shape index (κ3) is 2.67. The van der Waals surface area contributed by atoms with Crippen LogP contribution in [0.4, 0.5) is 0 Å². The first kappa shape index (κ1) is 17.0. The van der Waals surface area contributed by atoms with Crippen molar-refractivity contribution < 1.29 is 18.9 Å². The van der Waals surface area contributed by atoms with Gasteiger partial charge in [0.2, 0.25) is 0 Å². The van der Waals surface area contributed by atoms with E-state index in [0.29, 0.717) is 6.04 Å². The number of benzene rings is 2. The smallest absolute Gasteiger partial charge is 0.161 e. The van der Waals surface area contributed by atoms with Gasteiger partial charge in [0.05, 0.1) is 28.4 Å². The maximum Gasteiger partial charge on any atom is 0.161 e. The van der Waals surface area contributed by atoms with Crippen molar-refractivity contribution in [1.29, 1.82) is 0 Å². The van der Waals surface area contributed by atoms with Crippen LogP contribution in [0.1, 0.15) is 28.3 Å². The highest BCUT2D eigenvalue weighted by Crippen LogP contribution is 2.44. The Morgan fingerprint density at radius 3 is 2.23 bits per heavy atom. The molecule has 0 unspecified atom stereocenters.